The molecule has 3 N–H and O–H groups in total. The summed E-state index contributed by atoms with van der Waals surface area (Å²) in [7, 11) is 2.60. The number of carbonyl (C=O) groups is 6. The minimum Gasteiger partial charge on any atom is -0.495 e. The van der Waals surface area contributed by atoms with Crippen molar-refractivity contribution in [3.63, 3.8) is 0 Å². The van der Waals surface area contributed by atoms with Gasteiger partial charge in [0, 0.05) is 51.3 Å². The number of fused-ring (bicyclic) bond motifs is 2. The molecule has 61 heavy (non-hydrogen) atoms. The first-order valence-electron chi connectivity index (χ1n) is 20.2. The largest absolute Gasteiger partial charge is 0.495 e. The Morgan fingerprint density at radius 2 is 1.75 bits per heavy atom. The standard InChI is InChI=1S/C41H44F3N9O8/c1-50-29-20-45-40(49-34(29)52(23-6-3-4-7-23)21-41(43,44)39(50)59)47-27-19-26(42)25(18-31(27)60-2)35(55)46-22-12-14-51(15-13-22)16-17-61-30-9-5-8-24-33(30)38(58)53(37(24)57)28-10-11-32(54)48-36(28)56/h5,8-9,18-20,22-23,28H,3-4,6-7,10-17,21H2,1-2H3,(H,46,55)(H,45,47,49)(H,48,54,56). The molecule has 3 fully saturated rings. The Bertz CT molecular complexity index is 2300. The number of hydrogen-bond donors (Lipinski definition) is 3. The van der Waals surface area contributed by atoms with E-state index in [1.807, 2.05) is 0 Å². The fourth-order valence-electron chi connectivity index (χ4n) is 8.67. The van der Waals surface area contributed by atoms with Crippen molar-refractivity contribution in [3.8, 4) is 11.5 Å². The van der Waals surface area contributed by atoms with Gasteiger partial charge in [0.15, 0.2) is 5.82 Å². The summed E-state index contributed by atoms with van der Waals surface area (Å²) >= 11 is 0. The molecule has 2 aromatic carbocycles. The molecule has 322 valence electrons. The van der Waals surface area contributed by atoms with E-state index in [1.54, 1.807) is 12.1 Å². The molecule has 0 bridgehead atoms. The van der Waals surface area contributed by atoms with Crippen LogP contribution in [0.4, 0.5) is 36.3 Å². The number of imide groups is 2. The minimum absolute atomic E-state index is 0.0127. The van der Waals surface area contributed by atoms with Crippen LogP contribution in [0.15, 0.2) is 36.5 Å². The molecule has 1 aromatic heterocycles. The number of likely N-dealkylation sites (tertiary alicyclic amines) is 1. The molecule has 5 heterocycles. The van der Waals surface area contributed by atoms with Gasteiger partial charge in [-0.1, -0.05) is 18.9 Å². The predicted molar refractivity (Wildman–Crippen MR) is 212 cm³/mol. The van der Waals surface area contributed by atoms with Crippen LogP contribution in [-0.4, -0.2) is 126 Å². The SMILES string of the molecule is COc1cc(C(=O)NC2CCN(CCOc3cccc4c3C(=O)N(C3CCC(=O)NC3=O)C4=O)CC2)c(F)cc1Nc1ncc2c(n1)N(C1CCCC1)CC(F)(F)C(=O)N2C. The number of rotatable bonds is 11. The third-order valence-electron chi connectivity index (χ3n) is 11.9. The summed E-state index contributed by atoms with van der Waals surface area (Å²) in [5, 5.41) is 7.98. The Morgan fingerprint density at radius 1 is 1.00 bits per heavy atom. The van der Waals surface area contributed by atoms with Gasteiger partial charge < -0.3 is 29.9 Å². The zero-order chi connectivity index (χ0) is 43.2. The summed E-state index contributed by atoms with van der Waals surface area (Å²) in [5.74, 6) is -8.52. The van der Waals surface area contributed by atoms with Crippen LogP contribution in [0, 0.1) is 5.82 Å². The number of methoxy groups -OCH3 is 1. The number of halogens is 3. The van der Waals surface area contributed by atoms with Gasteiger partial charge >= 0.3 is 5.92 Å². The lowest BCUT2D eigenvalue weighted by atomic mass is 10.0. The maximum atomic E-state index is 15.6. The monoisotopic (exact) mass is 847 g/mol. The van der Waals surface area contributed by atoms with Crippen molar-refractivity contribution in [2.75, 3.05) is 62.1 Å². The van der Waals surface area contributed by atoms with Crippen LogP contribution in [0.25, 0.3) is 0 Å². The lowest BCUT2D eigenvalue weighted by Crippen LogP contribution is -2.54. The fourth-order valence-corrected chi connectivity index (χ4v) is 8.67. The van der Waals surface area contributed by atoms with E-state index in [9.17, 15) is 28.8 Å². The van der Waals surface area contributed by atoms with Crippen molar-refractivity contribution in [1.29, 1.82) is 0 Å². The Kier molecular flexibility index (Phi) is 11.3. The molecule has 4 aliphatic heterocycles. The van der Waals surface area contributed by atoms with E-state index in [-0.39, 0.29) is 82.9 Å². The van der Waals surface area contributed by atoms with Gasteiger partial charge in [0.05, 0.1) is 42.2 Å². The van der Waals surface area contributed by atoms with Crippen LogP contribution in [-0.2, 0) is 14.4 Å². The summed E-state index contributed by atoms with van der Waals surface area (Å²) in [5.41, 5.74) is 0.150. The first kappa shape index (κ1) is 41.4. The van der Waals surface area contributed by atoms with Crippen LogP contribution in [0.2, 0.25) is 0 Å². The molecule has 0 spiro atoms. The number of ether oxygens (including phenoxy) is 2. The summed E-state index contributed by atoms with van der Waals surface area (Å²) in [4.78, 5) is 90.7. The quantitative estimate of drug-likeness (QED) is 0.238. The molecule has 3 aromatic rings. The van der Waals surface area contributed by atoms with E-state index in [0.29, 0.717) is 45.3 Å². The van der Waals surface area contributed by atoms with Gasteiger partial charge in [-0.15, -0.1) is 0 Å². The third kappa shape index (κ3) is 8.03. The van der Waals surface area contributed by atoms with Crippen molar-refractivity contribution in [3.05, 3.63) is 59.0 Å². The lowest BCUT2D eigenvalue weighted by Gasteiger charge is -2.32. The number of piperidine rings is 2. The van der Waals surface area contributed by atoms with Gasteiger partial charge in [-0.05, 0) is 50.3 Å². The lowest BCUT2D eigenvalue weighted by molar-refractivity contribution is -0.140. The molecule has 20 heteroatoms. The first-order chi connectivity index (χ1) is 29.2. The van der Waals surface area contributed by atoms with Gasteiger partial charge in [0.1, 0.15) is 35.7 Å². The second-order valence-electron chi connectivity index (χ2n) is 15.8. The number of nitrogens with zero attached hydrogens (tertiary/aromatic N) is 6. The zero-order valence-electron chi connectivity index (χ0n) is 33.5. The molecular weight excluding hydrogens is 803 g/mol. The highest BCUT2D eigenvalue weighted by Crippen LogP contribution is 2.40. The molecular formula is C41H44F3N9O8. The first-order valence-corrected chi connectivity index (χ1v) is 20.2. The van der Waals surface area contributed by atoms with Crippen LogP contribution >= 0.6 is 0 Å². The number of carbonyl (C=O) groups excluding carboxylic acids is 6. The highest BCUT2D eigenvalue weighted by Gasteiger charge is 2.49. The summed E-state index contributed by atoms with van der Waals surface area (Å²) in [6.07, 6.45) is 5.49. The number of hydrogen-bond acceptors (Lipinski definition) is 13. The Hall–Kier alpha value is -6.31. The molecule has 1 unspecified atom stereocenters. The Labute approximate surface area is 347 Å². The maximum Gasteiger partial charge on any atom is 0.342 e. The average molecular weight is 848 g/mol. The van der Waals surface area contributed by atoms with Crippen molar-refractivity contribution in [1.82, 2.24) is 30.4 Å². The van der Waals surface area contributed by atoms with Crippen LogP contribution in [0.5, 0.6) is 11.5 Å². The Balaban J connectivity index is 0.866. The van der Waals surface area contributed by atoms with Crippen LogP contribution in [0.3, 0.4) is 0 Å². The van der Waals surface area contributed by atoms with E-state index in [2.05, 4.69) is 30.8 Å². The van der Waals surface area contributed by atoms with E-state index in [4.69, 9.17) is 9.47 Å². The summed E-state index contributed by atoms with van der Waals surface area (Å²) in [6, 6.07) is 5.40. The van der Waals surface area contributed by atoms with Gasteiger partial charge in [0.2, 0.25) is 17.8 Å². The molecule has 1 saturated carbocycles. The van der Waals surface area contributed by atoms with Gasteiger partial charge in [-0.3, -0.25) is 43.9 Å². The van der Waals surface area contributed by atoms with Crippen molar-refractivity contribution in [2.24, 2.45) is 0 Å². The van der Waals surface area contributed by atoms with Gasteiger partial charge in [-0.25, -0.2) is 9.37 Å². The van der Waals surface area contributed by atoms with E-state index < -0.39 is 59.8 Å². The highest BCUT2D eigenvalue weighted by molar-refractivity contribution is 6.24. The van der Waals surface area contributed by atoms with Crippen molar-refractivity contribution in [2.45, 2.75) is 75.4 Å². The highest BCUT2D eigenvalue weighted by atomic mass is 19.3. The smallest absolute Gasteiger partial charge is 0.342 e. The number of amides is 6. The van der Waals surface area contributed by atoms with Crippen LogP contribution < -0.4 is 35.2 Å². The number of alkyl halides is 2. The average Bonchev–Trinajstić information content (AvgIpc) is 3.85. The maximum absolute atomic E-state index is 15.6. The number of anilines is 4. The van der Waals surface area contributed by atoms with E-state index >= 15 is 13.2 Å². The topological polar surface area (TPSA) is 196 Å². The van der Waals surface area contributed by atoms with E-state index in [1.165, 1.54) is 37.4 Å². The third-order valence-corrected chi connectivity index (χ3v) is 11.9. The minimum atomic E-state index is -3.65. The van der Waals surface area contributed by atoms with Gasteiger partial charge in [0.25, 0.3) is 23.6 Å². The van der Waals surface area contributed by atoms with Gasteiger partial charge in [-0.2, -0.15) is 13.8 Å². The summed E-state index contributed by atoms with van der Waals surface area (Å²) < 4.78 is 57.2. The zero-order valence-corrected chi connectivity index (χ0v) is 33.5. The molecule has 17 nitrogen and oxygen atoms in total. The van der Waals surface area contributed by atoms with Crippen molar-refractivity contribution < 1.29 is 51.4 Å². The molecule has 1 atom stereocenters. The predicted octanol–water partition coefficient (Wildman–Crippen LogP) is 3.40. The number of aromatic nitrogens is 2. The Morgan fingerprint density at radius 3 is 2.48 bits per heavy atom. The summed E-state index contributed by atoms with van der Waals surface area (Å²) in [6.45, 7) is 0.977. The normalized spacial score (nSPS) is 21.0. The fraction of sp³-hybridized carbons (Fsp3) is 0.463. The van der Waals surface area contributed by atoms with Crippen LogP contribution in [0.1, 0.15) is 82.4 Å². The molecule has 1 aliphatic carbocycles. The second-order valence-corrected chi connectivity index (χ2v) is 15.8. The number of benzene rings is 2. The molecule has 6 amide bonds. The second kappa shape index (κ2) is 16.6. The van der Waals surface area contributed by atoms with E-state index in [0.717, 1.165) is 28.7 Å². The number of nitrogens with one attached hydrogen (secondary N) is 3. The molecule has 0 radical (unpaired) electrons. The van der Waals surface area contributed by atoms with Crippen molar-refractivity contribution >= 4 is 58.6 Å². The molecule has 8 rings (SSSR count). The molecule has 2 saturated heterocycles. The molecule has 5 aliphatic rings.